The fourth-order valence-electron chi connectivity index (χ4n) is 3.63. The minimum Gasteiger partial charge on any atom is -0.372 e. The van der Waals surface area contributed by atoms with Crippen LogP contribution in [0.15, 0.2) is 115 Å². The molecular formula is C27H21N3O5. The molecule has 4 aromatic rings. The smallest absolute Gasteiger partial charge is 0.280 e. The number of benzene rings is 4. The van der Waals surface area contributed by atoms with Crippen LogP contribution < -0.4 is 10.4 Å². The van der Waals surface area contributed by atoms with Gasteiger partial charge in [-0.15, -0.1) is 0 Å². The Balaban J connectivity index is 1.75. The van der Waals surface area contributed by atoms with E-state index in [2.05, 4.69) is 5.43 Å². The fraction of sp³-hybridized carbons (Fsp3) is 0.0370. The molecule has 0 spiro atoms. The third-order valence-electron chi connectivity index (χ3n) is 5.47. The molecular weight excluding hydrogens is 446 g/mol. The number of anilines is 1. The van der Waals surface area contributed by atoms with E-state index < -0.39 is 22.3 Å². The van der Waals surface area contributed by atoms with E-state index in [1.165, 1.54) is 24.3 Å². The Morgan fingerprint density at radius 1 is 0.743 bits per heavy atom. The summed E-state index contributed by atoms with van der Waals surface area (Å²) < 4.78 is 0. The van der Waals surface area contributed by atoms with Crippen LogP contribution >= 0.6 is 0 Å². The zero-order valence-corrected chi connectivity index (χ0v) is 18.4. The lowest BCUT2D eigenvalue weighted by atomic mass is 9.85. The molecule has 4 rings (SSSR count). The number of rotatable bonds is 6. The molecule has 8 heteroatoms. The summed E-state index contributed by atoms with van der Waals surface area (Å²) in [4.78, 5) is 37.5. The minimum atomic E-state index is -2.11. The molecule has 0 atom stereocenters. The van der Waals surface area contributed by atoms with Crippen LogP contribution in [0.1, 0.15) is 21.5 Å². The zero-order valence-electron chi connectivity index (χ0n) is 18.4. The molecule has 0 radical (unpaired) electrons. The maximum absolute atomic E-state index is 13.7. The van der Waals surface area contributed by atoms with Crippen LogP contribution in [-0.4, -0.2) is 21.8 Å². The van der Waals surface area contributed by atoms with Crippen molar-refractivity contribution in [1.82, 2.24) is 5.43 Å². The highest BCUT2D eigenvalue weighted by Gasteiger charge is 2.41. The van der Waals surface area contributed by atoms with Crippen molar-refractivity contribution in [3.8, 4) is 0 Å². The van der Waals surface area contributed by atoms with Crippen LogP contribution in [-0.2, 0) is 10.4 Å². The predicted octanol–water partition coefficient (Wildman–Crippen LogP) is 4.21. The standard InChI is InChI=1S/C27H21N3O5/c31-25(20-16-18-24(19-17-20)30(34)35)29(23-14-8-3-9-15-23)28-26(32)27(33,21-10-4-1-5-11-21)22-12-6-2-7-13-22/h1-19,33H,(H,28,32). The zero-order chi connectivity index (χ0) is 24.8. The monoisotopic (exact) mass is 467 g/mol. The van der Waals surface area contributed by atoms with Gasteiger partial charge in [-0.2, -0.15) is 0 Å². The molecule has 0 aliphatic heterocycles. The van der Waals surface area contributed by atoms with Crippen molar-refractivity contribution in [3.05, 3.63) is 142 Å². The second kappa shape index (κ2) is 9.98. The molecule has 2 N–H and O–H groups in total. The van der Waals surface area contributed by atoms with Gasteiger partial charge in [-0.25, -0.2) is 5.01 Å². The highest BCUT2D eigenvalue weighted by atomic mass is 16.6. The van der Waals surface area contributed by atoms with Crippen LogP contribution in [0.25, 0.3) is 0 Å². The number of carbonyl (C=O) groups is 2. The Bertz CT molecular complexity index is 1290. The van der Waals surface area contributed by atoms with Gasteiger partial charge in [0.1, 0.15) is 0 Å². The van der Waals surface area contributed by atoms with E-state index in [-0.39, 0.29) is 11.3 Å². The second-order valence-corrected chi connectivity index (χ2v) is 7.66. The first-order chi connectivity index (χ1) is 16.9. The summed E-state index contributed by atoms with van der Waals surface area (Å²) in [5, 5.41) is 23.7. The van der Waals surface area contributed by atoms with Gasteiger partial charge in [0.15, 0.2) is 5.60 Å². The molecule has 0 bridgehead atoms. The first-order valence-corrected chi connectivity index (χ1v) is 10.7. The molecule has 0 aromatic heterocycles. The molecule has 0 saturated carbocycles. The lowest BCUT2D eigenvalue weighted by Gasteiger charge is -2.32. The number of aliphatic hydroxyl groups is 1. The summed E-state index contributed by atoms with van der Waals surface area (Å²) >= 11 is 0. The topological polar surface area (TPSA) is 113 Å². The highest BCUT2D eigenvalue weighted by molar-refractivity contribution is 6.08. The van der Waals surface area contributed by atoms with Gasteiger partial charge in [-0.3, -0.25) is 25.1 Å². The Hall–Kier alpha value is -4.82. The van der Waals surface area contributed by atoms with E-state index in [1.807, 2.05) is 0 Å². The Labute approximate surface area is 201 Å². The van der Waals surface area contributed by atoms with E-state index in [1.54, 1.807) is 91.0 Å². The highest BCUT2D eigenvalue weighted by Crippen LogP contribution is 2.30. The number of hydrogen-bond acceptors (Lipinski definition) is 5. The summed E-state index contributed by atoms with van der Waals surface area (Å²) in [6, 6.07) is 30.2. The summed E-state index contributed by atoms with van der Waals surface area (Å²) in [5.74, 6) is -1.49. The third kappa shape index (κ3) is 4.78. The van der Waals surface area contributed by atoms with Crippen LogP contribution in [0.3, 0.4) is 0 Å². The number of nitrogens with one attached hydrogen (secondary N) is 1. The van der Waals surface area contributed by atoms with Gasteiger partial charge in [-0.1, -0.05) is 78.9 Å². The number of amides is 2. The third-order valence-corrected chi connectivity index (χ3v) is 5.47. The van der Waals surface area contributed by atoms with Gasteiger partial charge in [0.05, 0.1) is 10.6 Å². The molecule has 0 saturated heterocycles. The lowest BCUT2D eigenvalue weighted by molar-refractivity contribution is -0.384. The Kier molecular flexibility index (Phi) is 6.66. The van der Waals surface area contributed by atoms with Gasteiger partial charge >= 0.3 is 0 Å². The van der Waals surface area contributed by atoms with Crippen molar-refractivity contribution in [3.63, 3.8) is 0 Å². The molecule has 0 aliphatic rings. The van der Waals surface area contributed by atoms with E-state index in [4.69, 9.17) is 0 Å². The molecule has 8 nitrogen and oxygen atoms in total. The summed E-state index contributed by atoms with van der Waals surface area (Å²) in [6.07, 6.45) is 0. The van der Waals surface area contributed by atoms with Crippen molar-refractivity contribution in [1.29, 1.82) is 0 Å². The van der Waals surface area contributed by atoms with Gasteiger partial charge in [0, 0.05) is 17.7 Å². The molecule has 35 heavy (non-hydrogen) atoms. The summed E-state index contributed by atoms with van der Waals surface area (Å²) in [7, 11) is 0. The number of carbonyl (C=O) groups excluding carboxylic acids is 2. The first-order valence-electron chi connectivity index (χ1n) is 10.7. The summed E-state index contributed by atoms with van der Waals surface area (Å²) in [6.45, 7) is 0. The van der Waals surface area contributed by atoms with E-state index in [0.29, 0.717) is 16.8 Å². The van der Waals surface area contributed by atoms with Gasteiger partial charge < -0.3 is 5.11 Å². The number of para-hydroxylation sites is 1. The van der Waals surface area contributed by atoms with Crippen LogP contribution in [0, 0.1) is 10.1 Å². The van der Waals surface area contributed by atoms with E-state index in [0.717, 1.165) is 5.01 Å². The molecule has 0 unspecified atom stereocenters. The maximum atomic E-state index is 13.7. The number of non-ortho nitro benzene ring substituents is 1. The number of nitro groups is 1. The van der Waals surface area contributed by atoms with Crippen molar-refractivity contribution in [2.45, 2.75) is 5.60 Å². The van der Waals surface area contributed by atoms with Crippen LogP contribution in [0.4, 0.5) is 11.4 Å². The molecule has 0 aliphatic carbocycles. The molecule has 0 fully saturated rings. The van der Waals surface area contributed by atoms with Crippen molar-refractivity contribution in [2.75, 3.05) is 5.01 Å². The second-order valence-electron chi connectivity index (χ2n) is 7.66. The number of nitrogens with zero attached hydrogens (tertiary/aromatic N) is 2. The largest absolute Gasteiger partial charge is 0.372 e. The van der Waals surface area contributed by atoms with Gasteiger partial charge in [0.2, 0.25) is 0 Å². The molecule has 0 heterocycles. The lowest BCUT2D eigenvalue weighted by Crippen LogP contribution is -2.54. The molecule has 174 valence electrons. The number of hydrogen-bond donors (Lipinski definition) is 2. The van der Waals surface area contributed by atoms with Crippen molar-refractivity contribution < 1.29 is 19.6 Å². The van der Waals surface area contributed by atoms with Gasteiger partial charge in [0.25, 0.3) is 17.5 Å². The Morgan fingerprint density at radius 3 is 1.66 bits per heavy atom. The fourth-order valence-corrected chi connectivity index (χ4v) is 3.63. The maximum Gasteiger partial charge on any atom is 0.280 e. The summed E-state index contributed by atoms with van der Waals surface area (Å²) in [5.41, 5.74) is 1.39. The van der Waals surface area contributed by atoms with Gasteiger partial charge in [-0.05, 0) is 35.4 Å². The molecule has 2 amide bonds. The van der Waals surface area contributed by atoms with Crippen LogP contribution in [0.5, 0.6) is 0 Å². The minimum absolute atomic E-state index is 0.114. The van der Waals surface area contributed by atoms with Crippen molar-refractivity contribution >= 4 is 23.2 Å². The normalized spacial score (nSPS) is 10.9. The quantitative estimate of drug-likeness (QED) is 0.326. The number of nitro benzene ring substituents is 1. The Morgan fingerprint density at radius 2 is 1.20 bits per heavy atom. The molecule has 4 aromatic carbocycles. The van der Waals surface area contributed by atoms with E-state index >= 15 is 0 Å². The average Bonchev–Trinajstić information content (AvgIpc) is 2.92. The van der Waals surface area contributed by atoms with Crippen molar-refractivity contribution in [2.24, 2.45) is 0 Å². The average molecular weight is 467 g/mol. The number of hydrazine groups is 1. The first kappa shape index (κ1) is 23.3. The SMILES string of the molecule is O=C(c1ccc([N+](=O)[O-])cc1)N(NC(=O)C(O)(c1ccccc1)c1ccccc1)c1ccccc1. The van der Waals surface area contributed by atoms with E-state index in [9.17, 15) is 24.8 Å². The predicted molar refractivity (Wildman–Crippen MR) is 130 cm³/mol. The van der Waals surface area contributed by atoms with Crippen LogP contribution in [0.2, 0.25) is 0 Å².